The van der Waals surface area contributed by atoms with E-state index in [4.69, 9.17) is 4.42 Å². The van der Waals surface area contributed by atoms with Crippen molar-refractivity contribution in [2.75, 3.05) is 0 Å². The summed E-state index contributed by atoms with van der Waals surface area (Å²) in [6.45, 7) is 4.67. The molecule has 0 bridgehead atoms. The summed E-state index contributed by atoms with van der Waals surface area (Å²) in [5.41, 5.74) is 1.80. The van der Waals surface area contributed by atoms with Gasteiger partial charge < -0.3 is 9.52 Å². The molecule has 0 aliphatic heterocycles. The van der Waals surface area contributed by atoms with Crippen molar-refractivity contribution in [2.45, 2.75) is 32.4 Å². The summed E-state index contributed by atoms with van der Waals surface area (Å²) >= 11 is 0. The lowest BCUT2D eigenvalue weighted by Gasteiger charge is -2.20. The Morgan fingerprint density at radius 1 is 1.30 bits per heavy atom. The fraction of sp³-hybridized carbons (Fsp3) is 0.312. The topological polar surface area (TPSA) is 51.2 Å². The monoisotopic (exact) mass is 270 g/mol. The van der Waals surface area contributed by atoms with Crippen LogP contribution in [-0.2, 0) is 18.6 Å². The second-order valence-corrected chi connectivity index (χ2v) is 5.24. The predicted molar refractivity (Wildman–Crippen MR) is 77.4 cm³/mol. The Morgan fingerprint density at radius 3 is 2.80 bits per heavy atom. The molecule has 0 aliphatic carbocycles. The van der Waals surface area contributed by atoms with Crippen molar-refractivity contribution in [3.8, 4) is 0 Å². The molecule has 104 valence electrons. The third kappa shape index (κ3) is 2.12. The van der Waals surface area contributed by atoms with Crippen molar-refractivity contribution in [3.05, 3.63) is 54.1 Å². The minimum atomic E-state index is -0.983. The van der Waals surface area contributed by atoms with Gasteiger partial charge in [-0.05, 0) is 26.0 Å². The van der Waals surface area contributed by atoms with Gasteiger partial charge in [-0.25, -0.2) is 0 Å². The van der Waals surface area contributed by atoms with Gasteiger partial charge in [0.05, 0.1) is 29.3 Å². The van der Waals surface area contributed by atoms with Gasteiger partial charge >= 0.3 is 0 Å². The van der Waals surface area contributed by atoms with Crippen LogP contribution in [0.15, 0.2) is 47.3 Å². The van der Waals surface area contributed by atoms with Crippen LogP contribution in [0.5, 0.6) is 0 Å². The molecule has 20 heavy (non-hydrogen) atoms. The molecule has 1 N–H and O–H groups in total. The smallest absolute Gasteiger partial charge is 0.0963 e. The number of aromatic nitrogens is 2. The SMILES string of the molecule is CCn1nc(CC(C)(O)c2ccoc2)c2ccccc21. The van der Waals surface area contributed by atoms with E-state index in [1.54, 1.807) is 25.5 Å². The molecule has 0 spiro atoms. The van der Waals surface area contributed by atoms with Crippen molar-refractivity contribution < 1.29 is 9.52 Å². The standard InChI is InChI=1S/C16H18N2O2/c1-3-18-15-7-5-4-6-13(15)14(17-18)10-16(2,19)12-8-9-20-11-12/h4-9,11,19H,3,10H2,1-2H3. The number of benzene rings is 1. The second kappa shape index (κ2) is 4.80. The molecule has 0 amide bonds. The van der Waals surface area contributed by atoms with Gasteiger partial charge in [0.1, 0.15) is 0 Å². The molecule has 0 radical (unpaired) electrons. The van der Waals surface area contributed by atoms with Crippen molar-refractivity contribution in [1.29, 1.82) is 0 Å². The Labute approximate surface area is 117 Å². The van der Waals surface area contributed by atoms with Gasteiger partial charge in [0, 0.05) is 23.9 Å². The Hall–Kier alpha value is -2.07. The van der Waals surface area contributed by atoms with Crippen LogP contribution in [0.25, 0.3) is 10.9 Å². The first-order valence-corrected chi connectivity index (χ1v) is 6.81. The summed E-state index contributed by atoms with van der Waals surface area (Å²) in [5.74, 6) is 0. The molecular weight excluding hydrogens is 252 g/mol. The minimum Gasteiger partial charge on any atom is -0.472 e. The zero-order chi connectivity index (χ0) is 14.2. The zero-order valence-corrected chi connectivity index (χ0v) is 11.7. The van der Waals surface area contributed by atoms with Crippen molar-refractivity contribution >= 4 is 10.9 Å². The number of hydrogen-bond acceptors (Lipinski definition) is 3. The number of furan rings is 1. The van der Waals surface area contributed by atoms with E-state index in [1.165, 1.54) is 0 Å². The van der Waals surface area contributed by atoms with Crippen LogP contribution in [-0.4, -0.2) is 14.9 Å². The van der Waals surface area contributed by atoms with Crippen LogP contribution in [0.3, 0.4) is 0 Å². The van der Waals surface area contributed by atoms with Crippen LogP contribution in [0.2, 0.25) is 0 Å². The van der Waals surface area contributed by atoms with Gasteiger partial charge in [-0.2, -0.15) is 5.10 Å². The quantitative estimate of drug-likeness (QED) is 0.792. The Kier molecular flexibility index (Phi) is 3.10. The maximum Gasteiger partial charge on any atom is 0.0963 e. The number of rotatable bonds is 4. The van der Waals surface area contributed by atoms with Gasteiger partial charge in [-0.15, -0.1) is 0 Å². The van der Waals surface area contributed by atoms with Crippen LogP contribution in [0.1, 0.15) is 25.1 Å². The summed E-state index contributed by atoms with van der Waals surface area (Å²) in [5, 5.41) is 16.4. The van der Waals surface area contributed by atoms with E-state index in [9.17, 15) is 5.11 Å². The zero-order valence-electron chi connectivity index (χ0n) is 11.7. The molecule has 1 atom stereocenters. The van der Waals surface area contributed by atoms with Gasteiger partial charge in [0.2, 0.25) is 0 Å². The molecule has 3 rings (SSSR count). The van der Waals surface area contributed by atoms with E-state index in [0.29, 0.717) is 6.42 Å². The molecule has 4 heteroatoms. The second-order valence-electron chi connectivity index (χ2n) is 5.24. The Balaban J connectivity index is 2.03. The normalized spacial score (nSPS) is 14.6. The average molecular weight is 270 g/mol. The van der Waals surface area contributed by atoms with E-state index in [-0.39, 0.29) is 0 Å². The lowest BCUT2D eigenvalue weighted by atomic mass is 9.92. The largest absolute Gasteiger partial charge is 0.472 e. The number of para-hydroxylation sites is 1. The van der Waals surface area contributed by atoms with Crippen LogP contribution in [0.4, 0.5) is 0 Å². The Morgan fingerprint density at radius 2 is 2.10 bits per heavy atom. The maximum atomic E-state index is 10.7. The van der Waals surface area contributed by atoms with E-state index >= 15 is 0 Å². The number of aliphatic hydroxyl groups is 1. The molecule has 4 nitrogen and oxygen atoms in total. The molecule has 2 aromatic heterocycles. The highest BCUT2D eigenvalue weighted by atomic mass is 16.3. The van der Waals surface area contributed by atoms with E-state index in [0.717, 1.165) is 28.7 Å². The predicted octanol–water partition coefficient (Wildman–Crippen LogP) is 3.10. The van der Waals surface area contributed by atoms with Gasteiger partial charge in [-0.3, -0.25) is 4.68 Å². The summed E-state index contributed by atoms with van der Waals surface area (Å²) < 4.78 is 7.04. The first-order valence-electron chi connectivity index (χ1n) is 6.81. The number of nitrogens with zero attached hydrogens (tertiary/aromatic N) is 2. The number of fused-ring (bicyclic) bond motifs is 1. The lowest BCUT2D eigenvalue weighted by Crippen LogP contribution is -2.24. The minimum absolute atomic E-state index is 0.458. The van der Waals surface area contributed by atoms with Crippen molar-refractivity contribution in [3.63, 3.8) is 0 Å². The Bertz CT molecular complexity index is 711. The lowest BCUT2D eigenvalue weighted by molar-refractivity contribution is 0.0561. The molecule has 1 aromatic carbocycles. The molecule has 3 aromatic rings. The fourth-order valence-electron chi connectivity index (χ4n) is 2.57. The fourth-order valence-corrected chi connectivity index (χ4v) is 2.57. The third-order valence-electron chi connectivity index (χ3n) is 3.69. The third-order valence-corrected chi connectivity index (χ3v) is 3.69. The van der Waals surface area contributed by atoms with Crippen LogP contribution < -0.4 is 0 Å². The van der Waals surface area contributed by atoms with Crippen LogP contribution >= 0.6 is 0 Å². The molecule has 0 aliphatic rings. The molecule has 1 unspecified atom stereocenters. The summed E-state index contributed by atoms with van der Waals surface area (Å²) in [6, 6.07) is 9.91. The summed E-state index contributed by atoms with van der Waals surface area (Å²) in [4.78, 5) is 0. The molecule has 0 saturated heterocycles. The van der Waals surface area contributed by atoms with Gasteiger partial charge in [0.25, 0.3) is 0 Å². The van der Waals surface area contributed by atoms with Crippen molar-refractivity contribution in [2.24, 2.45) is 0 Å². The molecular formula is C16H18N2O2. The van der Waals surface area contributed by atoms with E-state index in [1.807, 2.05) is 16.8 Å². The van der Waals surface area contributed by atoms with E-state index in [2.05, 4.69) is 24.2 Å². The molecule has 0 saturated carbocycles. The highest BCUT2D eigenvalue weighted by molar-refractivity contribution is 5.82. The number of hydrogen-bond donors (Lipinski definition) is 1. The molecule has 0 fully saturated rings. The van der Waals surface area contributed by atoms with Crippen LogP contribution in [0, 0.1) is 0 Å². The van der Waals surface area contributed by atoms with Gasteiger partial charge in [0.15, 0.2) is 0 Å². The summed E-state index contributed by atoms with van der Waals surface area (Å²) in [7, 11) is 0. The summed E-state index contributed by atoms with van der Waals surface area (Å²) in [6.07, 6.45) is 3.62. The van der Waals surface area contributed by atoms with E-state index < -0.39 is 5.60 Å². The number of aryl methyl sites for hydroxylation is 1. The highest BCUT2D eigenvalue weighted by Crippen LogP contribution is 2.28. The maximum absolute atomic E-state index is 10.7. The van der Waals surface area contributed by atoms with Crippen molar-refractivity contribution in [1.82, 2.24) is 9.78 Å². The molecule has 2 heterocycles. The first-order chi connectivity index (χ1) is 9.62. The van der Waals surface area contributed by atoms with Gasteiger partial charge in [-0.1, -0.05) is 18.2 Å². The highest BCUT2D eigenvalue weighted by Gasteiger charge is 2.27. The first kappa shape index (κ1) is 12.9. The average Bonchev–Trinajstić information content (AvgIpc) is 3.07.